The Balaban J connectivity index is 2.09. The van der Waals surface area contributed by atoms with Gasteiger partial charge in [-0.2, -0.15) is 23.0 Å². The van der Waals surface area contributed by atoms with Gasteiger partial charge in [0.2, 0.25) is 0 Å². The Hall–Kier alpha value is -3.57. The van der Waals surface area contributed by atoms with E-state index in [2.05, 4.69) is 15.4 Å². The summed E-state index contributed by atoms with van der Waals surface area (Å²) in [4.78, 5) is 29.3. The second kappa shape index (κ2) is 9.06. The molecule has 0 aliphatic rings. The van der Waals surface area contributed by atoms with Crippen LogP contribution in [0, 0.1) is 0 Å². The van der Waals surface area contributed by atoms with E-state index in [1.807, 2.05) is 0 Å². The van der Waals surface area contributed by atoms with Crippen molar-refractivity contribution >= 4 is 5.91 Å². The number of aliphatic hydroxyl groups is 2. The highest BCUT2D eigenvalue weighted by Crippen LogP contribution is 2.30. The number of rotatable bonds is 6. The summed E-state index contributed by atoms with van der Waals surface area (Å²) in [6, 6.07) is 8.32. The van der Waals surface area contributed by atoms with Crippen molar-refractivity contribution in [2.24, 2.45) is 0 Å². The topological polar surface area (TPSA) is 117 Å². The minimum absolute atomic E-state index is 0.0741. The molecular weight excluding hydrogens is 417 g/mol. The Labute approximate surface area is 173 Å². The molecule has 11 heteroatoms. The molecule has 0 aliphatic carbocycles. The predicted molar refractivity (Wildman–Crippen MR) is 103 cm³/mol. The van der Waals surface area contributed by atoms with Crippen LogP contribution < -0.4 is 10.9 Å². The summed E-state index contributed by atoms with van der Waals surface area (Å²) in [7, 11) is 0. The number of hydrogen-bond donors (Lipinski definition) is 3. The van der Waals surface area contributed by atoms with E-state index in [1.54, 1.807) is 6.07 Å². The van der Waals surface area contributed by atoms with Crippen molar-refractivity contribution in [2.75, 3.05) is 13.2 Å². The lowest BCUT2D eigenvalue weighted by atomic mass is 10.1. The summed E-state index contributed by atoms with van der Waals surface area (Å²) in [5.74, 6) is -0.842. The monoisotopic (exact) mass is 434 g/mol. The van der Waals surface area contributed by atoms with E-state index >= 15 is 0 Å². The van der Waals surface area contributed by atoms with Crippen LogP contribution in [0.2, 0.25) is 0 Å². The number of alkyl halides is 3. The van der Waals surface area contributed by atoms with Gasteiger partial charge in [0.25, 0.3) is 11.5 Å². The van der Waals surface area contributed by atoms with Gasteiger partial charge >= 0.3 is 6.18 Å². The zero-order valence-corrected chi connectivity index (χ0v) is 15.9. The number of carbonyl (C=O) groups excluding carboxylic acids is 1. The first-order valence-electron chi connectivity index (χ1n) is 9.00. The number of aliphatic hydroxyl groups excluding tert-OH is 2. The molecule has 0 fully saturated rings. The van der Waals surface area contributed by atoms with E-state index in [4.69, 9.17) is 5.11 Å². The van der Waals surface area contributed by atoms with E-state index in [-0.39, 0.29) is 29.1 Å². The zero-order chi connectivity index (χ0) is 22.6. The molecule has 0 spiro atoms. The third-order valence-electron chi connectivity index (χ3n) is 4.26. The second-order valence-corrected chi connectivity index (χ2v) is 6.49. The number of pyridine rings is 1. The normalized spacial score (nSPS) is 12.4. The molecule has 8 nitrogen and oxygen atoms in total. The first-order chi connectivity index (χ1) is 14.7. The quantitative estimate of drug-likeness (QED) is 0.540. The number of aromatic nitrogens is 3. The first-order valence-corrected chi connectivity index (χ1v) is 9.00. The van der Waals surface area contributed by atoms with Crippen molar-refractivity contribution in [1.29, 1.82) is 0 Å². The average molecular weight is 434 g/mol. The standard InChI is InChI=1S/C20H17F3N4O4/c21-20(22,23)13-5-3-12(4-6-13)17-8-16(18(30)25-10-15(29)11-28)19(31)27(26-17)14-2-1-7-24-9-14/h1-9,15,28-29H,10-11H2,(H,25,30)/t15-/m0/s1. The Morgan fingerprint density at radius 2 is 1.90 bits per heavy atom. The molecule has 2 aromatic heterocycles. The number of nitrogens with one attached hydrogen (secondary N) is 1. The van der Waals surface area contributed by atoms with Gasteiger partial charge in [-0.15, -0.1) is 0 Å². The van der Waals surface area contributed by atoms with Crippen LogP contribution in [0.3, 0.4) is 0 Å². The Bertz CT molecular complexity index is 1120. The van der Waals surface area contributed by atoms with Crippen molar-refractivity contribution < 1.29 is 28.2 Å². The van der Waals surface area contributed by atoms with E-state index in [9.17, 15) is 27.9 Å². The minimum atomic E-state index is -4.51. The molecular formula is C20H17F3N4O4. The van der Waals surface area contributed by atoms with Crippen molar-refractivity contribution in [3.63, 3.8) is 0 Å². The summed E-state index contributed by atoms with van der Waals surface area (Å²) in [5, 5.41) is 24.8. The third-order valence-corrected chi connectivity index (χ3v) is 4.26. The van der Waals surface area contributed by atoms with Crippen LogP contribution >= 0.6 is 0 Å². The molecule has 0 saturated heterocycles. The summed E-state index contributed by atoms with van der Waals surface area (Å²) in [6.45, 7) is -0.896. The number of halogens is 3. The van der Waals surface area contributed by atoms with Gasteiger partial charge in [0.15, 0.2) is 0 Å². The lowest BCUT2D eigenvalue weighted by molar-refractivity contribution is -0.137. The summed E-state index contributed by atoms with van der Waals surface area (Å²) in [6.07, 6.45) is -2.93. The van der Waals surface area contributed by atoms with Crippen molar-refractivity contribution in [2.45, 2.75) is 12.3 Å². The number of carbonyl (C=O) groups is 1. The van der Waals surface area contributed by atoms with Crippen LogP contribution in [0.1, 0.15) is 15.9 Å². The molecule has 162 valence electrons. The van der Waals surface area contributed by atoms with Gasteiger partial charge in [-0.05, 0) is 30.3 Å². The largest absolute Gasteiger partial charge is 0.416 e. The molecule has 31 heavy (non-hydrogen) atoms. The van der Waals surface area contributed by atoms with Gasteiger partial charge in [-0.1, -0.05) is 12.1 Å². The molecule has 3 rings (SSSR count). The maximum atomic E-state index is 12.9. The van der Waals surface area contributed by atoms with Gasteiger partial charge in [0, 0.05) is 18.3 Å². The fourth-order valence-electron chi connectivity index (χ4n) is 2.65. The smallest absolute Gasteiger partial charge is 0.394 e. The van der Waals surface area contributed by atoms with E-state index in [1.165, 1.54) is 30.6 Å². The zero-order valence-electron chi connectivity index (χ0n) is 15.9. The molecule has 0 saturated carbocycles. The van der Waals surface area contributed by atoms with Crippen molar-refractivity contribution in [3.05, 3.63) is 76.3 Å². The van der Waals surface area contributed by atoms with Gasteiger partial charge < -0.3 is 15.5 Å². The minimum Gasteiger partial charge on any atom is -0.394 e. The highest BCUT2D eigenvalue weighted by molar-refractivity contribution is 5.94. The van der Waals surface area contributed by atoms with Crippen LogP contribution in [-0.4, -0.2) is 50.1 Å². The first kappa shape index (κ1) is 22.1. The number of amides is 1. The molecule has 3 N–H and O–H groups in total. The molecule has 3 aromatic rings. The molecule has 2 heterocycles. The molecule has 1 atom stereocenters. The van der Waals surface area contributed by atoms with Crippen LogP contribution in [0.5, 0.6) is 0 Å². The van der Waals surface area contributed by atoms with Gasteiger partial charge in [0.1, 0.15) is 5.56 Å². The molecule has 1 aromatic carbocycles. The average Bonchev–Trinajstić information content (AvgIpc) is 2.77. The van der Waals surface area contributed by atoms with Crippen LogP contribution in [-0.2, 0) is 6.18 Å². The van der Waals surface area contributed by atoms with Crippen molar-refractivity contribution in [3.8, 4) is 16.9 Å². The Morgan fingerprint density at radius 3 is 2.48 bits per heavy atom. The molecule has 0 bridgehead atoms. The Kier molecular flexibility index (Phi) is 6.47. The van der Waals surface area contributed by atoms with Crippen molar-refractivity contribution in [1.82, 2.24) is 20.1 Å². The lowest BCUT2D eigenvalue weighted by Crippen LogP contribution is -2.38. The summed E-state index contributed by atoms with van der Waals surface area (Å²) in [5.41, 5.74) is -1.43. The fraction of sp³-hybridized carbons (Fsp3) is 0.200. The highest BCUT2D eigenvalue weighted by Gasteiger charge is 2.30. The van der Waals surface area contributed by atoms with Crippen LogP contribution in [0.15, 0.2) is 59.7 Å². The third kappa shape index (κ3) is 5.13. The van der Waals surface area contributed by atoms with Gasteiger partial charge in [0.05, 0.1) is 35.9 Å². The fourth-order valence-corrected chi connectivity index (χ4v) is 2.65. The van der Waals surface area contributed by atoms with Crippen LogP contribution in [0.4, 0.5) is 13.2 Å². The van der Waals surface area contributed by atoms with E-state index < -0.39 is 35.9 Å². The maximum absolute atomic E-state index is 12.9. The summed E-state index contributed by atoms with van der Waals surface area (Å²) < 4.78 is 39.5. The second-order valence-electron chi connectivity index (χ2n) is 6.49. The highest BCUT2D eigenvalue weighted by atomic mass is 19.4. The summed E-state index contributed by atoms with van der Waals surface area (Å²) >= 11 is 0. The maximum Gasteiger partial charge on any atom is 0.416 e. The van der Waals surface area contributed by atoms with Crippen LogP contribution in [0.25, 0.3) is 16.9 Å². The number of nitrogens with zero attached hydrogens (tertiary/aromatic N) is 3. The molecule has 0 radical (unpaired) electrons. The Morgan fingerprint density at radius 1 is 1.19 bits per heavy atom. The number of hydrogen-bond acceptors (Lipinski definition) is 6. The van der Waals surface area contributed by atoms with Gasteiger partial charge in [-0.3, -0.25) is 14.6 Å². The van der Waals surface area contributed by atoms with Gasteiger partial charge in [-0.25, -0.2) is 0 Å². The predicted octanol–water partition coefficient (Wildman–Crippen LogP) is 1.40. The molecule has 1 amide bonds. The SMILES string of the molecule is O=C(NC[C@H](O)CO)c1cc(-c2ccc(C(F)(F)F)cc2)nn(-c2cccnc2)c1=O. The van der Waals surface area contributed by atoms with E-state index in [0.717, 1.165) is 22.9 Å². The lowest BCUT2D eigenvalue weighted by Gasteiger charge is -2.13. The van der Waals surface area contributed by atoms with E-state index in [0.29, 0.717) is 0 Å². The molecule has 0 aliphatic heterocycles. The number of benzene rings is 1. The molecule has 0 unspecified atom stereocenters.